The van der Waals surface area contributed by atoms with E-state index in [0.29, 0.717) is 17.9 Å². The normalized spacial score (nSPS) is 12.7. The molecule has 124 valence electrons. The Morgan fingerprint density at radius 3 is 2.30 bits per heavy atom. The molecule has 0 spiro atoms. The van der Waals surface area contributed by atoms with Crippen LogP contribution in [-0.2, 0) is 16.3 Å². The quantitative estimate of drug-likeness (QED) is 0.778. The Bertz CT molecular complexity index is 739. The molecule has 2 aromatic rings. The van der Waals surface area contributed by atoms with Crippen LogP contribution in [-0.4, -0.2) is 28.4 Å². The molecule has 23 heavy (non-hydrogen) atoms. The first-order valence-electron chi connectivity index (χ1n) is 7.45. The molecular weight excluding hydrogens is 312 g/mol. The zero-order valence-corrected chi connectivity index (χ0v) is 14.5. The van der Waals surface area contributed by atoms with Crippen molar-refractivity contribution in [1.29, 1.82) is 0 Å². The number of methoxy groups -OCH3 is 2. The third-order valence-corrected chi connectivity index (χ3v) is 6.08. The highest BCUT2D eigenvalue weighted by Crippen LogP contribution is 2.27. The fraction of sp³-hybridized carbons (Fsp3) is 0.333. The summed E-state index contributed by atoms with van der Waals surface area (Å²) in [6.07, 6.45) is 0.409. The molecule has 5 heteroatoms. The second kappa shape index (κ2) is 7.51. The Morgan fingerprint density at radius 1 is 1.00 bits per heavy atom. The molecule has 0 saturated carbocycles. The molecule has 0 saturated heterocycles. The topological polar surface area (TPSA) is 52.6 Å². The largest absolute Gasteiger partial charge is 0.497 e. The zero-order valence-electron chi connectivity index (χ0n) is 13.7. The van der Waals surface area contributed by atoms with Gasteiger partial charge in [-0.05, 0) is 30.5 Å². The van der Waals surface area contributed by atoms with Crippen molar-refractivity contribution in [3.8, 4) is 11.5 Å². The van der Waals surface area contributed by atoms with E-state index in [4.69, 9.17) is 9.47 Å². The SMILES string of the molecule is COc1ccc(CCS(=O)(=O)C(C)c2ccccc2)c(OC)c1. The van der Waals surface area contributed by atoms with E-state index in [1.165, 1.54) is 0 Å². The first-order chi connectivity index (χ1) is 11.0. The lowest BCUT2D eigenvalue weighted by Gasteiger charge is -2.15. The number of sulfone groups is 1. The van der Waals surface area contributed by atoms with Crippen LogP contribution >= 0.6 is 0 Å². The molecule has 4 nitrogen and oxygen atoms in total. The van der Waals surface area contributed by atoms with Crippen LogP contribution < -0.4 is 9.47 Å². The fourth-order valence-corrected chi connectivity index (χ4v) is 3.85. The molecule has 0 heterocycles. The smallest absolute Gasteiger partial charge is 0.157 e. The third kappa shape index (κ3) is 4.26. The molecule has 1 unspecified atom stereocenters. The van der Waals surface area contributed by atoms with E-state index in [1.807, 2.05) is 42.5 Å². The van der Waals surface area contributed by atoms with Gasteiger partial charge in [0, 0.05) is 6.07 Å². The highest BCUT2D eigenvalue weighted by molar-refractivity contribution is 7.91. The zero-order chi connectivity index (χ0) is 16.9. The number of hydrogen-bond acceptors (Lipinski definition) is 4. The van der Waals surface area contributed by atoms with Crippen molar-refractivity contribution in [2.24, 2.45) is 0 Å². The number of hydrogen-bond donors (Lipinski definition) is 0. The highest BCUT2D eigenvalue weighted by Gasteiger charge is 2.22. The standard InChI is InChI=1S/C18H22O4S/c1-14(15-7-5-4-6-8-15)23(19,20)12-11-16-9-10-17(21-2)13-18(16)22-3/h4-10,13-14H,11-12H2,1-3H3. The summed E-state index contributed by atoms with van der Waals surface area (Å²) in [5.74, 6) is 1.41. The molecule has 2 rings (SSSR count). The lowest BCUT2D eigenvalue weighted by Crippen LogP contribution is -2.16. The molecule has 0 bridgehead atoms. The Hall–Kier alpha value is -2.01. The molecule has 0 fully saturated rings. The number of aryl methyl sites for hydroxylation is 1. The summed E-state index contributed by atoms with van der Waals surface area (Å²) >= 11 is 0. The van der Waals surface area contributed by atoms with E-state index in [-0.39, 0.29) is 5.75 Å². The van der Waals surface area contributed by atoms with Crippen molar-refractivity contribution in [2.75, 3.05) is 20.0 Å². The van der Waals surface area contributed by atoms with Gasteiger partial charge in [0.15, 0.2) is 9.84 Å². The van der Waals surface area contributed by atoms with Crippen LogP contribution in [0.4, 0.5) is 0 Å². The molecule has 1 atom stereocenters. The first-order valence-corrected chi connectivity index (χ1v) is 9.17. The van der Waals surface area contributed by atoms with Crippen LogP contribution in [0.3, 0.4) is 0 Å². The van der Waals surface area contributed by atoms with Crippen LogP contribution in [0.1, 0.15) is 23.3 Å². The summed E-state index contributed by atoms with van der Waals surface area (Å²) in [6.45, 7) is 1.73. The van der Waals surface area contributed by atoms with Gasteiger partial charge in [-0.25, -0.2) is 8.42 Å². The van der Waals surface area contributed by atoms with E-state index >= 15 is 0 Å². The van der Waals surface area contributed by atoms with E-state index in [2.05, 4.69) is 0 Å². The molecule has 0 aliphatic heterocycles. The maximum absolute atomic E-state index is 12.6. The Balaban J connectivity index is 2.13. The minimum absolute atomic E-state index is 0.0751. The summed E-state index contributed by atoms with van der Waals surface area (Å²) in [5, 5.41) is -0.520. The molecule has 0 N–H and O–H groups in total. The van der Waals surface area contributed by atoms with Gasteiger partial charge in [0.2, 0.25) is 0 Å². The maximum atomic E-state index is 12.6. The van der Waals surface area contributed by atoms with E-state index < -0.39 is 15.1 Å². The summed E-state index contributed by atoms with van der Waals surface area (Å²) in [4.78, 5) is 0. The van der Waals surface area contributed by atoms with Gasteiger partial charge in [-0.1, -0.05) is 36.4 Å². The summed E-state index contributed by atoms with van der Waals surface area (Å²) in [7, 11) is -0.0864. The third-order valence-electron chi connectivity index (χ3n) is 3.96. The molecule has 0 aliphatic rings. The summed E-state index contributed by atoms with van der Waals surface area (Å²) < 4.78 is 35.6. The molecule has 0 radical (unpaired) electrons. The van der Waals surface area contributed by atoms with Crippen molar-refractivity contribution >= 4 is 9.84 Å². The lowest BCUT2D eigenvalue weighted by molar-refractivity contribution is 0.391. The lowest BCUT2D eigenvalue weighted by atomic mass is 10.1. The van der Waals surface area contributed by atoms with Crippen molar-refractivity contribution in [3.05, 3.63) is 59.7 Å². The van der Waals surface area contributed by atoms with E-state index in [0.717, 1.165) is 11.1 Å². The first kappa shape index (κ1) is 17.3. The van der Waals surface area contributed by atoms with Crippen molar-refractivity contribution < 1.29 is 17.9 Å². The van der Waals surface area contributed by atoms with Crippen LogP contribution in [0.2, 0.25) is 0 Å². The maximum Gasteiger partial charge on any atom is 0.157 e. The van der Waals surface area contributed by atoms with Crippen molar-refractivity contribution in [3.63, 3.8) is 0 Å². The average Bonchev–Trinajstić information content (AvgIpc) is 2.59. The highest BCUT2D eigenvalue weighted by atomic mass is 32.2. The van der Waals surface area contributed by atoms with Crippen molar-refractivity contribution in [1.82, 2.24) is 0 Å². The second-order valence-electron chi connectivity index (χ2n) is 5.35. The second-order valence-corrected chi connectivity index (χ2v) is 7.79. The summed E-state index contributed by atoms with van der Waals surface area (Å²) in [5.41, 5.74) is 1.67. The van der Waals surface area contributed by atoms with Gasteiger partial charge in [0.25, 0.3) is 0 Å². The Labute approximate surface area is 138 Å². The van der Waals surface area contributed by atoms with Crippen LogP contribution in [0, 0.1) is 0 Å². The minimum Gasteiger partial charge on any atom is -0.497 e. The summed E-state index contributed by atoms with van der Waals surface area (Å²) in [6, 6.07) is 14.7. The number of ether oxygens (including phenoxy) is 2. The number of benzene rings is 2. The van der Waals surface area contributed by atoms with Gasteiger partial charge in [0.1, 0.15) is 11.5 Å². The van der Waals surface area contributed by atoms with Gasteiger partial charge in [-0.3, -0.25) is 0 Å². The van der Waals surface area contributed by atoms with Gasteiger partial charge in [-0.15, -0.1) is 0 Å². The molecule has 0 aromatic heterocycles. The monoisotopic (exact) mass is 334 g/mol. The van der Waals surface area contributed by atoms with Gasteiger partial charge >= 0.3 is 0 Å². The fourth-order valence-electron chi connectivity index (χ4n) is 2.42. The molecule has 0 amide bonds. The van der Waals surface area contributed by atoms with E-state index in [9.17, 15) is 8.42 Å². The predicted octanol–water partition coefficient (Wildman–Crippen LogP) is 3.42. The van der Waals surface area contributed by atoms with Gasteiger partial charge in [-0.2, -0.15) is 0 Å². The van der Waals surface area contributed by atoms with Crippen molar-refractivity contribution in [2.45, 2.75) is 18.6 Å². The Morgan fingerprint density at radius 2 is 1.70 bits per heavy atom. The molecule has 2 aromatic carbocycles. The Kier molecular flexibility index (Phi) is 5.66. The number of rotatable bonds is 7. The van der Waals surface area contributed by atoms with Crippen LogP contribution in [0.5, 0.6) is 11.5 Å². The minimum atomic E-state index is -3.24. The van der Waals surface area contributed by atoms with Gasteiger partial charge < -0.3 is 9.47 Å². The van der Waals surface area contributed by atoms with Crippen LogP contribution in [0.15, 0.2) is 48.5 Å². The predicted molar refractivity (Wildman–Crippen MR) is 91.9 cm³/mol. The molecular formula is C18H22O4S. The van der Waals surface area contributed by atoms with E-state index in [1.54, 1.807) is 27.2 Å². The van der Waals surface area contributed by atoms with Crippen LogP contribution in [0.25, 0.3) is 0 Å². The van der Waals surface area contributed by atoms with Gasteiger partial charge in [0.05, 0.1) is 25.2 Å². The molecule has 0 aliphatic carbocycles. The average molecular weight is 334 g/mol.